The van der Waals surface area contributed by atoms with Crippen LogP contribution in [0.3, 0.4) is 0 Å². The number of nitrogens with zero attached hydrogens (tertiary/aromatic N) is 1. The SMILES string of the molecule is CC1(NCc2cccc3c2C(=O)N(C2CCC(=O)NC2=O)C3)CCNCC1. The molecule has 3 amide bonds. The van der Waals surface area contributed by atoms with Gasteiger partial charge in [-0.15, -0.1) is 0 Å². The predicted molar refractivity (Wildman–Crippen MR) is 99.8 cm³/mol. The lowest BCUT2D eigenvalue weighted by Crippen LogP contribution is -2.52. The molecule has 3 heterocycles. The van der Waals surface area contributed by atoms with Gasteiger partial charge in [-0.05, 0) is 50.4 Å². The number of imide groups is 1. The molecule has 0 saturated carbocycles. The average molecular weight is 370 g/mol. The van der Waals surface area contributed by atoms with E-state index in [9.17, 15) is 14.4 Å². The van der Waals surface area contributed by atoms with Crippen molar-refractivity contribution in [2.24, 2.45) is 0 Å². The molecule has 144 valence electrons. The Labute approximate surface area is 158 Å². The highest BCUT2D eigenvalue weighted by Crippen LogP contribution is 2.30. The van der Waals surface area contributed by atoms with Crippen LogP contribution in [0, 0.1) is 0 Å². The quantitative estimate of drug-likeness (QED) is 0.678. The zero-order chi connectivity index (χ0) is 19.0. The van der Waals surface area contributed by atoms with Gasteiger partial charge in [-0.2, -0.15) is 0 Å². The molecule has 7 heteroatoms. The van der Waals surface area contributed by atoms with Crippen LogP contribution in [0.25, 0.3) is 0 Å². The minimum absolute atomic E-state index is 0.0684. The Bertz CT molecular complexity index is 785. The Morgan fingerprint density at radius 3 is 2.74 bits per heavy atom. The molecule has 2 saturated heterocycles. The summed E-state index contributed by atoms with van der Waals surface area (Å²) in [7, 11) is 0. The molecule has 0 radical (unpaired) electrons. The topological polar surface area (TPSA) is 90.5 Å². The number of amides is 3. The van der Waals surface area contributed by atoms with Crippen LogP contribution in [0.2, 0.25) is 0 Å². The highest BCUT2D eigenvalue weighted by Gasteiger charge is 2.40. The van der Waals surface area contributed by atoms with Gasteiger partial charge in [0, 0.05) is 30.6 Å². The molecule has 0 bridgehead atoms. The van der Waals surface area contributed by atoms with Crippen molar-refractivity contribution < 1.29 is 14.4 Å². The molecule has 1 atom stereocenters. The van der Waals surface area contributed by atoms with Crippen LogP contribution in [0.15, 0.2) is 18.2 Å². The van der Waals surface area contributed by atoms with Gasteiger partial charge >= 0.3 is 0 Å². The van der Waals surface area contributed by atoms with Crippen molar-refractivity contribution in [1.29, 1.82) is 0 Å². The average Bonchev–Trinajstić information content (AvgIpc) is 2.98. The number of rotatable bonds is 4. The summed E-state index contributed by atoms with van der Waals surface area (Å²) in [5.74, 6) is -0.734. The molecule has 7 nitrogen and oxygen atoms in total. The summed E-state index contributed by atoms with van der Waals surface area (Å²) in [6, 6.07) is 5.35. The first-order chi connectivity index (χ1) is 13.0. The largest absolute Gasteiger partial charge is 0.322 e. The van der Waals surface area contributed by atoms with E-state index in [0.717, 1.165) is 37.1 Å². The first-order valence-corrected chi connectivity index (χ1v) is 9.68. The van der Waals surface area contributed by atoms with Crippen molar-refractivity contribution in [2.75, 3.05) is 13.1 Å². The highest BCUT2D eigenvalue weighted by molar-refractivity contribution is 6.05. The van der Waals surface area contributed by atoms with Crippen LogP contribution < -0.4 is 16.0 Å². The monoisotopic (exact) mass is 370 g/mol. The summed E-state index contributed by atoms with van der Waals surface area (Å²) in [6.45, 7) is 5.29. The number of benzene rings is 1. The van der Waals surface area contributed by atoms with Crippen LogP contribution in [0.4, 0.5) is 0 Å². The smallest absolute Gasteiger partial charge is 0.255 e. The van der Waals surface area contributed by atoms with E-state index in [4.69, 9.17) is 0 Å². The van der Waals surface area contributed by atoms with Crippen LogP contribution in [0.5, 0.6) is 0 Å². The number of carbonyl (C=O) groups is 3. The van der Waals surface area contributed by atoms with E-state index < -0.39 is 6.04 Å². The number of fused-ring (bicyclic) bond motifs is 1. The first kappa shape index (κ1) is 18.1. The third-order valence-electron chi connectivity index (χ3n) is 6.05. The molecule has 3 aliphatic heterocycles. The number of piperidine rings is 2. The predicted octanol–water partition coefficient (Wildman–Crippen LogP) is 0.679. The number of nitrogens with one attached hydrogen (secondary N) is 3. The summed E-state index contributed by atoms with van der Waals surface area (Å²) in [5.41, 5.74) is 2.72. The van der Waals surface area contributed by atoms with Crippen molar-refractivity contribution >= 4 is 17.7 Å². The molecular formula is C20H26N4O3. The zero-order valence-corrected chi connectivity index (χ0v) is 15.6. The van der Waals surface area contributed by atoms with Gasteiger partial charge in [0.2, 0.25) is 11.8 Å². The van der Waals surface area contributed by atoms with Crippen molar-refractivity contribution in [1.82, 2.24) is 20.9 Å². The van der Waals surface area contributed by atoms with Crippen molar-refractivity contribution in [2.45, 2.75) is 57.3 Å². The second kappa shape index (κ2) is 7.05. The van der Waals surface area contributed by atoms with Gasteiger partial charge in [-0.3, -0.25) is 19.7 Å². The summed E-state index contributed by atoms with van der Waals surface area (Å²) >= 11 is 0. The van der Waals surface area contributed by atoms with E-state index >= 15 is 0 Å². The Kier molecular flexibility index (Phi) is 4.74. The standard InChI is InChI=1S/C20H26N4O3/c1-20(7-9-21-10-8-20)22-11-13-3-2-4-14-12-24(19(27)17(13)14)15-5-6-16(25)23-18(15)26/h2-4,15,21-22H,5-12H2,1H3,(H,23,25,26). The first-order valence-electron chi connectivity index (χ1n) is 9.68. The number of hydrogen-bond donors (Lipinski definition) is 3. The molecule has 2 fully saturated rings. The summed E-state index contributed by atoms with van der Waals surface area (Å²) in [6.07, 6.45) is 2.77. The van der Waals surface area contributed by atoms with E-state index in [-0.39, 0.29) is 29.7 Å². The Balaban J connectivity index is 1.51. The van der Waals surface area contributed by atoms with Crippen LogP contribution >= 0.6 is 0 Å². The molecule has 4 rings (SSSR count). The van der Waals surface area contributed by atoms with Gasteiger partial charge in [0.1, 0.15) is 6.04 Å². The Hall–Kier alpha value is -2.25. The Morgan fingerprint density at radius 2 is 2.00 bits per heavy atom. The molecular weight excluding hydrogens is 344 g/mol. The highest BCUT2D eigenvalue weighted by atomic mass is 16.2. The molecule has 1 aromatic rings. The van der Waals surface area contributed by atoms with Gasteiger partial charge < -0.3 is 15.5 Å². The van der Waals surface area contributed by atoms with Gasteiger partial charge in [-0.25, -0.2) is 0 Å². The van der Waals surface area contributed by atoms with E-state index in [1.807, 2.05) is 18.2 Å². The minimum Gasteiger partial charge on any atom is -0.322 e. The minimum atomic E-state index is -0.564. The molecule has 3 aliphatic rings. The fourth-order valence-corrected chi connectivity index (χ4v) is 4.30. The van der Waals surface area contributed by atoms with Gasteiger partial charge in [0.15, 0.2) is 0 Å². The maximum absolute atomic E-state index is 13.1. The van der Waals surface area contributed by atoms with Crippen molar-refractivity contribution in [3.8, 4) is 0 Å². The van der Waals surface area contributed by atoms with Crippen molar-refractivity contribution in [3.05, 3.63) is 34.9 Å². The fraction of sp³-hybridized carbons (Fsp3) is 0.550. The third-order valence-corrected chi connectivity index (χ3v) is 6.05. The van der Waals surface area contributed by atoms with Crippen LogP contribution in [-0.4, -0.2) is 47.3 Å². The van der Waals surface area contributed by atoms with E-state index in [0.29, 0.717) is 25.1 Å². The molecule has 0 spiro atoms. The fourth-order valence-electron chi connectivity index (χ4n) is 4.30. The second-order valence-electron chi connectivity index (χ2n) is 8.02. The summed E-state index contributed by atoms with van der Waals surface area (Å²) in [5, 5.41) is 9.36. The lowest BCUT2D eigenvalue weighted by atomic mass is 9.90. The molecule has 3 N–H and O–H groups in total. The van der Waals surface area contributed by atoms with Gasteiger partial charge in [0.05, 0.1) is 0 Å². The molecule has 1 aromatic carbocycles. The second-order valence-corrected chi connectivity index (χ2v) is 8.02. The lowest BCUT2D eigenvalue weighted by molar-refractivity contribution is -0.136. The number of carbonyl (C=O) groups excluding carboxylic acids is 3. The Morgan fingerprint density at radius 1 is 1.22 bits per heavy atom. The summed E-state index contributed by atoms with van der Waals surface area (Å²) < 4.78 is 0. The molecule has 0 aromatic heterocycles. The molecule has 0 aliphatic carbocycles. The van der Waals surface area contributed by atoms with E-state index in [1.165, 1.54) is 0 Å². The number of hydrogen-bond acceptors (Lipinski definition) is 5. The molecule has 1 unspecified atom stereocenters. The molecule has 27 heavy (non-hydrogen) atoms. The van der Waals surface area contributed by atoms with Gasteiger partial charge in [-0.1, -0.05) is 18.2 Å². The van der Waals surface area contributed by atoms with Crippen LogP contribution in [0.1, 0.15) is 54.1 Å². The zero-order valence-electron chi connectivity index (χ0n) is 15.6. The maximum Gasteiger partial charge on any atom is 0.255 e. The normalized spacial score (nSPS) is 24.7. The third kappa shape index (κ3) is 3.49. The maximum atomic E-state index is 13.1. The van der Waals surface area contributed by atoms with Crippen molar-refractivity contribution in [3.63, 3.8) is 0 Å². The summed E-state index contributed by atoms with van der Waals surface area (Å²) in [4.78, 5) is 38.3. The van der Waals surface area contributed by atoms with E-state index in [1.54, 1.807) is 4.90 Å². The van der Waals surface area contributed by atoms with E-state index in [2.05, 4.69) is 22.9 Å². The van der Waals surface area contributed by atoms with Crippen LogP contribution in [-0.2, 0) is 22.7 Å². The lowest BCUT2D eigenvalue weighted by Gasteiger charge is -2.35. The van der Waals surface area contributed by atoms with Gasteiger partial charge in [0.25, 0.3) is 5.91 Å².